The van der Waals surface area contributed by atoms with Gasteiger partial charge in [-0.25, -0.2) is 4.98 Å². The lowest BCUT2D eigenvalue weighted by Gasteiger charge is -2.19. The molecule has 128 valence electrons. The average Bonchev–Trinajstić information content (AvgIpc) is 2.62. The van der Waals surface area contributed by atoms with E-state index in [9.17, 15) is 0 Å². The molecule has 0 unspecified atom stereocenters. The maximum atomic E-state index is 4.77. The standard InChI is InChI=1S/C23H26N2/c1-4-5-9-22-18(3)25-23(19-12-10-17(2)11-13-19)16-20(22)15-21-8-6-7-14-24-21/h4-6,8-13,16,21,24H,3,7,14-15H2,1-2H3/b5-4-,22-9+/t21-/m1/s1. The first-order valence-electron chi connectivity index (χ1n) is 8.96. The number of benzene rings is 1. The number of hydrogen-bond acceptors (Lipinski definition) is 2. The zero-order valence-electron chi connectivity index (χ0n) is 15.1. The minimum absolute atomic E-state index is 0.374. The van der Waals surface area contributed by atoms with Crippen LogP contribution in [0.25, 0.3) is 23.9 Å². The van der Waals surface area contributed by atoms with E-state index in [2.05, 4.69) is 73.5 Å². The molecule has 0 radical (unpaired) electrons. The maximum absolute atomic E-state index is 4.77. The van der Waals surface area contributed by atoms with E-state index in [1.807, 2.05) is 13.0 Å². The molecule has 2 aromatic rings. The Morgan fingerprint density at radius 2 is 2.08 bits per heavy atom. The zero-order valence-corrected chi connectivity index (χ0v) is 15.1. The molecule has 1 aromatic heterocycles. The summed E-state index contributed by atoms with van der Waals surface area (Å²) in [6, 6.07) is 11.1. The summed E-state index contributed by atoms with van der Waals surface area (Å²) in [4.78, 5) is 4.77. The third-order valence-corrected chi connectivity index (χ3v) is 4.55. The Hall–Kier alpha value is -2.45. The number of allylic oxidation sites excluding steroid dienone is 2. The molecule has 2 heterocycles. The molecule has 3 rings (SSSR count). The van der Waals surface area contributed by atoms with Crippen molar-refractivity contribution in [3.8, 4) is 11.3 Å². The third kappa shape index (κ3) is 4.34. The number of hydrogen-bond donors (Lipinski definition) is 1. The van der Waals surface area contributed by atoms with E-state index in [0.29, 0.717) is 6.04 Å². The number of aryl methyl sites for hydroxylation is 1. The molecule has 0 saturated heterocycles. The van der Waals surface area contributed by atoms with Crippen LogP contribution in [0.15, 0.2) is 54.6 Å². The van der Waals surface area contributed by atoms with Gasteiger partial charge in [0.15, 0.2) is 0 Å². The molecular formula is C23H26N2. The normalized spacial score (nSPS) is 18.2. The van der Waals surface area contributed by atoms with Crippen LogP contribution in [-0.2, 0) is 6.42 Å². The first-order chi connectivity index (χ1) is 12.2. The van der Waals surface area contributed by atoms with Gasteiger partial charge >= 0.3 is 0 Å². The Morgan fingerprint density at radius 1 is 1.28 bits per heavy atom. The van der Waals surface area contributed by atoms with Gasteiger partial charge in [0.2, 0.25) is 0 Å². The molecular weight excluding hydrogens is 304 g/mol. The molecule has 0 fully saturated rings. The first-order valence-corrected chi connectivity index (χ1v) is 8.96. The van der Waals surface area contributed by atoms with Gasteiger partial charge in [-0.1, -0.05) is 66.8 Å². The van der Waals surface area contributed by atoms with Gasteiger partial charge in [-0.05, 0) is 44.9 Å². The van der Waals surface area contributed by atoms with Crippen LogP contribution >= 0.6 is 0 Å². The predicted octanol–water partition coefficient (Wildman–Crippen LogP) is 3.28. The summed E-state index contributed by atoms with van der Waals surface area (Å²) in [5.74, 6) is 0. The van der Waals surface area contributed by atoms with Gasteiger partial charge in [-0.2, -0.15) is 0 Å². The SMILES string of the molecule is C=c1nc(-c2ccc(C)cc2)cc(C[C@H]2C=CCCN2)/c1=C/C=C\C. The second kappa shape index (κ2) is 8.09. The molecule has 0 amide bonds. The molecule has 2 nitrogen and oxygen atoms in total. The van der Waals surface area contributed by atoms with Crippen LogP contribution in [0.1, 0.15) is 24.5 Å². The number of nitrogens with zero attached hydrogens (tertiary/aromatic N) is 1. The summed E-state index contributed by atoms with van der Waals surface area (Å²) >= 11 is 0. The zero-order chi connectivity index (χ0) is 17.6. The van der Waals surface area contributed by atoms with E-state index in [1.54, 1.807) is 0 Å². The molecule has 25 heavy (non-hydrogen) atoms. The summed E-state index contributed by atoms with van der Waals surface area (Å²) < 4.78 is 0. The average molecular weight is 330 g/mol. The summed E-state index contributed by atoms with van der Waals surface area (Å²) in [5, 5.41) is 5.55. The highest BCUT2D eigenvalue weighted by Gasteiger charge is 2.11. The summed E-state index contributed by atoms with van der Waals surface area (Å²) in [6.07, 6.45) is 12.8. The lowest BCUT2D eigenvalue weighted by atomic mass is 9.99. The highest BCUT2D eigenvalue weighted by Crippen LogP contribution is 2.17. The highest BCUT2D eigenvalue weighted by atomic mass is 14.9. The minimum atomic E-state index is 0.374. The van der Waals surface area contributed by atoms with Crippen molar-refractivity contribution in [1.29, 1.82) is 0 Å². The summed E-state index contributed by atoms with van der Waals surface area (Å²) in [5.41, 5.74) is 4.69. The van der Waals surface area contributed by atoms with Gasteiger partial charge in [-0.15, -0.1) is 0 Å². The Labute approximate surface area is 150 Å². The molecule has 2 heteroatoms. The lowest BCUT2D eigenvalue weighted by molar-refractivity contribution is 0.572. The van der Waals surface area contributed by atoms with Gasteiger partial charge in [0.1, 0.15) is 0 Å². The Balaban J connectivity index is 2.07. The Bertz CT molecular complexity index is 889. The molecule has 0 aliphatic carbocycles. The second-order valence-corrected chi connectivity index (χ2v) is 6.57. The molecule has 1 aromatic carbocycles. The molecule has 0 spiro atoms. The number of aromatic nitrogens is 1. The van der Waals surface area contributed by atoms with Crippen LogP contribution in [0, 0.1) is 6.92 Å². The predicted molar refractivity (Wildman–Crippen MR) is 108 cm³/mol. The fourth-order valence-electron chi connectivity index (χ4n) is 3.16. The molecule has 1 atom stereocenters. The summed E-state index contributed by atoms with van der Waals surface area (Å²) in [6.45, 7) is 9.39. The Kier molecular flexibility index (Phi) is 5.62. The van der Waals surface area contributed by atoms with Gasteiger partial charge in [0.25, 0.3) is 0 Å². The number of rotatable bonds is 4. The smallest absolute Gasteiger partial charge is 0.0712 e. The van der Waals surface area contributed by atoms with E-state index in [-0.39, 0.29) is 0 Å². The van der Waals surface area contributed by atoms with E-state index >= 15 is 0 Å². The van der Waals surface area contributed by atoms with Gasteiger partial charge < -0.3 is 5.32 Å². The van der Waals surface area contributed by atoms with Gasteiger partial charge in [-0.3, -0.25) is 0 Å². The highest BCUT2D eigenvalue weighted by molar-refractivity contribution is 5.61. The number of pyridine rings is 1. The Morgan fingerprint density at radius 3 is 2.76 bits per heavy atom. The van der Waals surface area contributed by atoms with E-state index in [0.717, 1.165) is 41.2 Å². The first kappa shape index (κ1) is 17.4. The second-order valence-electron chi connectivity index (χ2n) is 6.57. The van der Waals surface area contributed by atoms with Crippen molar-refractivity contribution in [3.63, 3.8) is 0 Å². The largest absolute Gasteiger partial charge is 0.310 e. The van der Waals surface area contributed by atoms with E-state index < -0.39 is 0 Å². The molecule has 1 aliphatic heterocycles. The minimum Gasteiger partial charge on any atom is -0.310 e. The molecule has 0 saturated carbocycles. The van der Waals surface area contributed by atoms with Crippen molar-refractivity contribution >= 4 is 12.7 Å². The van der Waals surface area contributed by atoms with Crippen LogP contribution in [0.2, 0.25) is 0 Å². The van der Waals surface area contributed by atoms with Gasteiger partial charge in [0, 0.05) is 16.8 Å². The van der Waals surface area contributed by atoms with Crippen molar-refractivity contribution in [2.45, 2.75) is 32.7 Å². The molecule has 1 aliphatic rings. The van der Waals surface area contributed by atoms with E-state index in [4.69, 9.17) is 4.98 Å². The third-order valence-electron chi connectivity index (χ3n) is 4.55. The summed E-state index contributed by atoms with van der Waals surface area (Å²) in [7, 11) is 0. The molecule has 0 bridgehead atoms. The van der Waals surface area contributed by atoms with Crippen molar-refractivity contribution in [2.75, 3.05) is 6.54 Å². The monoisotopic (exact) mass is 330 g/mol. The van der Waals surface area contributed by atoms with Crippen LogP contribution in [0.4, 0.5) is 0 Å². The van der Waals surface area contributed by atoms with Crippen molar-refractivity contribution in [2.24, 2.45) is 0 Å². The fraction of sp³-hybridized carbons (Fsp3) is 0.261. The van der Waals surface area contributed by atoms with Crippen LogP contribution in [0.3, 0.4) is 0 Å². The fourth-order valence-corrected chi connectivity index (χ4v) is 3.16. The van der Waals surface area contributed by atoms with Crippen molar-refractivity contribution < 1.29 is 0 Å². The van der Waals surface area contributed by atoms with Crippen LogP contribution in [-0.4, -0.2) is 17.6 Å². The maximum Gasteiger partial charge on any atom is 0.0712 e. The van der Waals surface area contributed by atoms with E-state index in [1.165, 1.54) is 11.1 Å². The van der Waals surface area contributed by atoms with Crippen molar-refractivity contribution in [3.05, 3.63) is 76.3 Å². The topological polar surface area (TPSA) is 24.9 Å². The van der Waals surface area contributed by atoms with Gasteiger partial charge in [0.05, 0.1) is 11.0 Å². The molecule has 1 N–H and O–H groups in total. The number of nitrogens with one attached hydrogen (secondary N) is 1. The van der Waals surface area contributed by atoms with Crippen LogP contribution in [0.5, 0.6) is 0 Å². The lowest BCUT2D eigenvalue weighted by Crippen LogP contribution is -2.37. The quantitative estimate of drug-likeness (QED) is 0.870. The van der Waals surface area contributed by atoms with Crippen LogP contribution < -0.4 is 15.9 Å². The van der Waals surface area contributed by atoms with Crippen molar-refractivity contribution in [1.82, 2.24) is 10.3 Å².